The zero-order valence-corrected chi connectivity index (χ0v) is 13.1. The van der Waals surface area contributed by atoms with Crippen LogP contribution in [0.1, 0.15) is 19.8 Å². The minimum Gasteiger partial charge on any atom is -0.362 e. The predicted molar refractivity (Wildman–Crippen MR) is 89.4 cm³/mol. The largest absolute Gasteiger partial charge is 0.362 e. The molecule has 0 amide bonds. The molecule has 5 heteroatoms. The number of aromatic nitrogens is 1. The summed E-state index contributed by atoms with van der Waals surface area (Å²) in [5.41, 5.74) is 7.73. The molecule has 112 valence electrons. The lowest BCUT2D eigenvalue weighted by Crippen LogP contribution is -2.28. The van der Waals surface area contributed by atoms with Crippen LogP contribution in [0.3, 0.4) is 0 Å². The summed E-state index contributed by atoms with van der Waals surface area (Å²) >= 11 is 1.72. The van der Waals surface area contributed by atoms with Gasteiger partial charge < -0.3 is 5.32 Å². The van der Waals surface area contributed by atoms with Crippen molar-refractivity contribution in [1.29, 1.82) is 0 Å². The summed E-state index contributed by atoms with van der Waals surface area (Å²) in [5, 5.41) is 4.46. The van der Waals surface area contributed by atoms with Gasteiger partial charge in [-0.1, -0.05) is 41.7 Å². The van der Waals surface area contributed by atoms with Gasteiger partial charge in [0, 0.05) is 25.3 Å². The van der Waals surface area contributed by atoms with E-state index < -0.39 is 0 Å². The van der Waals surface area contributed by atoms with Crippen molar-refractivity contribution >= 4 is 16.5 Å². The van der Waals surface area contributed by atoms with Crippen LogP contribution in [0.2, 0.25) is 0 Å². The minimum atomic E-state index is 0.578. The number of hydrazine groups is 1. The highest BCUT2D eigenvalue weighted by atomic mass is 32.1. The lowest BCUT2D eigenvalue weighted by atomic mass is 9.98. The van der Waals surface area contributed by atoms with E-state index in [1.807, 2.05) is 12.3 Å². The van der Waals surface area contributed by atoms with Crippen LogP contribution < -0.4 is 16.2 Å². The van der Waals surface area contributed by atoms with Gasteiger partial charge in [-0.05, 0) is 31.2 Å². The minimum absolute atomic E-state index is 0.578. The van der Waals surface area contributed by atoms with Crippen molar-refractivity contribution in [1.82, 2.24) is 15.8 Å². The van der Waals surface area contributed by atoms with Gasteiger partial charge in [0.05, 0.1) is 4.88 Å². The van der Waals surface area contributed by atoms with Gasteiger partial charge in [0.1, 0.15) is 0 Å². The van der Waals surface area contributed by atoms with Crippen molar-refractivity contribution in [3.05, 3.63) is 36.5 Å². The molecule has 3 rings (SSSR count). The Bertz CT molecular complexity index is 554. The second kappa shape index (κ2) is 7.02. The van der Waals surface area contributed by atoms with Crippen LogP contribution in [0, 0.1) is 5.92 Å². The van der Waals surface area contributed by atoms with Crippen LogP contribution >= 0.6 is 11.3 Å². The van der Waals surface area contributed by atoms with Crippen molar-refractivity contribution < 1.29 is 0 Å². The molecule has 1 fully saturated rings. The zero-order valence-electron chi connectivity index (χ0n) is 12.3. The second-order valence-electron chi connectivity index (χ2n) is 5.54. The van der Waals surface area contributed by atoms with Crippen LogP contribution in [0.4, 0.5) is 5.13 Å². The molecule has 2 aromatic rings. The van der Waals surface area contributed by atoms with Crippen molar-refractivity contribution in [2.45, 2.75) is 25.8 Å². The fourth-order valence-corrected chi connectivity index (χ4v) is 3.50. The molecule has 2 heterocycles. The second-order valence-corrected chi connectivity index (χ2v) is 6.57. The Kier molecular flexibility index (Phi) is 4.85. The Morgan fingerprint density at radius 1 is 1.33 bits per heavy atom. The van der Waals surface area contributed by atoms with Gasteiger partial charge in [-0.3, -0.25) is 10.9 Å². The molecule has 0 spiro atoms. The van der Waals surface area contributed by atoms with E-state index in [1.165, 1.54) is 23.3 Å². The Morgan fingerprint density at radius 2 is 2.19 bits per heavy atom. The average molecular weight is 302 g/mol. The summed E-state index contributed by atoms with van der Waals surface area (Å²) in [5.74, 6) is 0.739. The van der Waals surface area contributed by atoms with E-state index in [1.54, 1.807) is 11.3 Å². The molecule has 1 aliphatic heterocycles. The average Bonchev–Trinajstić information content (AvgIpc) is 3.14. The SMILES string of the molecule is CC1NNCC1CCCNc1ncc(-c2ccccc2)s1. The maximum Gasteiger partial charge on any atom is 0.183 e. The van der Waals surface area contributed by atoms with Crippen molar-refractivity contribution in [3.8, 4) is 10.4 Å². The third kappa shape index (κ3) is 3.81. The fourth-order valence-electron chi connectivity index (χ4n) is 2.65. The highest BCUT2D eigenvalue weighted by Gasteiger charge is 2.21. The quantitative estimate of drug-likeness (QED) is 0.718. The van der Waals surface area contributed by atoms with Gasteiger partial charge in [0.2, 0.25) is 0 Å². The van der Waals surface area contributed by atoms with E-state index in [4.69, 9.17) is 0 Å². The third-order valence-corrected chi connectivity index (χ3v) is 5.00. The molecule has 3 N–H and O–H groups in total. The summed E-state index contributed by atoms with van der Waals surface area (Å²) in [6.45, 7) is 4.31. The Labute approximate surface area is 130 Å². The fraction of sp³-hybridized carbons (Fsp3) is 0.438. The number of hydrogen-bond acceptors (Lipinski definition) is 5. The number of benzene rings is 1. The highest BCUT2D eigenvalue weighted by Crippen LogP contribution is 2.28. The van der Waals surface area contributed by atoms with Gasteiger partial charge in [-0.15, -0.1) is 0 Å². The number of thiazole rings is 1. The number of nitrogens with zero attached hydrogens (tertiary/aromatic N) is 1. The van der Waals surface area contributed by atoms with E-state index in [9.17, 15) is 0 Å². The molecule has 2 atom stereocenters. The lowest BCUT2D eigenvalue weighted by molar-refractivity contribution is 0.452. The van der Waals surface area contributed by atoms with Crippen molar-refractivity contribution in [2.24, 2.45) is 5.92 Å². The Balaban J connectivity index is 1.45. The first-order valence-corrected chi connectivity index (χ1v) is 8.38. The molecule has 0 radical (unpaired) electrons. The van der Waals surface area contributed by atoms with E-state index >= 15 is 0 Å². The van der Waals surface area contributed by atoms with Gasteiger partial charge in [0.15, 0.2) is 5.13 Å². The van der Waals surface area contributed by atoms with Crippen LogP contribution in [0.25, 0.3) is 10.4 Å². The molecule has 1 aliphatic rings. The van der Waals surface area contributed by atoms with Crippen LogP contribution in [0.5, 0.6) is 0 Å². The molecule has 0 bridgehead atoms. The van der Waals surface area contributed by atoms with E-state index in [2.05, 4.69) is 52.3 Å². The molecule has 21 heavy (non-hydrogen) atoms. The summed E-state index contributed by atoms with van der Waals surface area (Å²) in [6.07, 6.45) is 4.37. The molecule has 1 saturated heterocycles. The number of hydrogen-bond donors (Lipinski definition) is 3. The van der Waals surface area contributed by atoms with Gasteiger partial charge >= 0.3 is 0 Å². The smallest absolute Gasteiger partial charge is 0.183 e. The predicted octanol–water partition coefficient (Wildman–Crippen LogP) is 3.11. The number of nitrogens with one attached hydrogen (secondary N) is 3. The van der Waals surface area contributed by atoms with Crippen molar-refractivity contribution in [3.63, 3.8) is 0 Å². The first-order chi connectivity index (χ1) is 10.3. The molecular formula is C16H22N4S. The molecule has 4 nitrogen and oxygen atoms in total. The summed E-state index contributed by atoms with van der Waals surface area (Å²) in [4.78, 5) is 5.68. The third-order valence-electron chi connectivity index (χ3n) is 3.99. The lowest BCUT2D eigenvalue weighted by Gasteiger charge is -2.13. The summed E-state index contributed by atoms with van der Waals surface area (Å²) < 4.78 is 0. The zero-order chi connectivity index (χ0) is 14.5. The molecule has 2 unspecified atom stereocenters. The van der Waals surface area contributed by atoms with Gasteiger partial charge in [-0.25, -0.2) is 4.98 Å². The molecule has 1 aromatic heterocycles. The Hall–Kier alpha value is -1.43. The number of anilines is 1. The van der Waals surface area contributed by atoms with Gasteiger partial charge in [-0.2, -0.15) is 0 Å². The monoisotopic (exact) mass is 302 g/mol. The Morgan fingerprint density at radius 3 is 2.95 bits per heavy atom. The summed E-state index contributed by atoms with van der Waals surface area (Å²) in [6, 6.07) is 11.0. The first-order valence-electron chi connectivity index (χ1n) is 7.56. The molecule has 0 saturated carbocycles. The first kappa shape index (κ1) is 14.5. The normalized spacial score (nSPS) is 21.6. The van der Waals surface area contributed by atoms with Crippen LogP contribution in [-0.2, 0) is 0 Å². The molecule has 1 aromatic carbocycles. The van der Waals surface area contributed by atoms with Crippen LogP contribution in [-0.4, -0.2) is 24.1 Å². The van der Waals surface area contributed by atoms with E-state index in [0.717, 1.165) is 24.1 Å². The van der Waals surface area contributed by atoms with Gasteiger partial charge in [0.25, 0.3) is 0 Å². The topological polar surface area (TPSA) is 49.0 Å². The molecule has 0 aliphatic carbocycles. The van der Waals surface area contributed by atoms with Crippen LogP contribution in [0.15, 0.2) is 36.5 Å². The highest BCUT2D eigenvalue weighted by molar-refractivity contribution is 7.18. The molecular weight excluding hydrogens is 280 g/mol. The maximum absolute atomic E-state index is 4.46. The van der Waals surface area contributed by atoms with Crippen molar-refractivity contribution in [2.75, 3.05) is 18.4 Å². The van der Waals surface area contributed by atoms with E-state index in [-0.39, 0.29) is 0 Å². The number of rotatable bonds is 6. The summed E-state index contributed by atoms with van der Waals surface area (Å²) in [7, 11) is 0. The maximum atomic E-state index is 4.46. The standard InChI is InChI=1S/C16H22N4S/c1-12-14(10-19-20-12)8-5-9-17-16-18-11-15(21-16)13-6-3-2-4-7-13/h2-4,6-7,11-12,14,19-20H,5,8-10H2,1H3,(H,17,18). The van der Waals surface area contributed by atoms with E-state index in [0.29, 0.717) is 6.04 Å².